The Labute approximate surface area is 167 Å². The monoisotopic (exact) mass is 412 g/mol. The highest BCUT2D eigenvalue weighted by molar-refractivity contribution is 6.36. The predicted octanol–water partition coefficient (Wildman–Crippen LogP) is 4.73. The second-order valence-electron chi connectivity index (χ2n) is 6.67. The number of hydrogen-bond donors (Lipinski definition) is 1. The number of halogens is 4. The van der Waals surface area contributed by atoms with Crippen molar-refractivity contribution in [2.24, 2.45) is 5.73 Å². The van der Waals surface area contributed by atoms with Crippen molar-refractivity contribution in [2.45, 2.75) is 31.7 Å². The molecule has 2 aromatic carbocycles. The zero-order valence-corrected chi connectivity index (χ0v) is 16.3. The minimum Gasteiger partial charge on any atom is -0.335 e. The summed E-state index contributed by atoms with van der Waals surface area (Å²) in [5.74, 6) is -3.22. The summed E-state index contributed by atoms with van der Waals surface area (Å²) >= 11 is 12.3. The van der Waals surface area contributed by atoms with Crippen molar-refractivity contribution in [3.63, 3.8) is 0 Å². The molecule has 0 aliphatic carbocycles. The molecule has 1 heterocycles. The van der Waals surface area contributed by atoms with Crippen molar-refractivity contribution >= 4 is 29.1 Å². The first-order valence-electron chi connectivity index (χ1n) is 8.68. The highest BCUT2D eigenvalue weighted by atomic mass is 35.5. The van der Waals surface area contributed by atoms with Gasteiger partial charge in [-0.2, -0.15) is 8.78 Å². The van der Waals surface area contributed by atoms with Crippen LogP contribution in [0.5, 0.6) is 0 Å². The van der Waals surface area contributed by atoms with Gasteiger partial charge in [0.2, 0.25) is 5.91 Å². The van der Waals surface area contributed by atoms with Gasteiger partial charge in [-0.05, 0) is 42.2 Å². The SMILES string of the molecule is C[C@H]1c2cccc(C(F)(F)CN)c2CCN1C(=O)Cc1c(Cl)cccc1Cl. The molecule has 1 aliphatic heterocycles. The van der Waals surface area contributed by atoms with Gasteiger partial charge in [0.1, 0.15) is 0 Å². The molecule has 7 heteroatoms. The van der Waals surface area contributed by atoms with Gasteiger partial charge in [-0.1, -0.05) is 47.5 Å². The Bertz CT molecular complexity index is 853. The van der Waals surface area contributed by atoms with Gasteiger partial charge in [-0.15, -0.1) is 0 Å². The molecular formula is C20H20Cl2F2N2O. The summed E-state index contributed by atoms with van der Waals surface area (Å²) in [6, 6.07) is 9.57. The number of nitrogens with two attached hydrogens (primary N) is 1. The normalized spacial score (nSPS) is 17.0. The van der Waals surface area contributed by atoms with Crippen LogP contribution in [0.15, 0.2) is 36.4 Å². The number of carbonyl (C=O) groups is 1. The molecule has 1 amide bonds. The van der Waals surface area contributed by atoms with E-state index in [2.05, 4.69) is 0 Å². The number of carbonyl (C=O) groups excluding carboxylic acids is 1. The standard InChI is InChI=1S/C20H20Cl2F2N2O/c1-12-13-4-2-5-16(20(23,24)11-25)14(13)8-9-26(12)19(27)10-15-17(21)6-3-7-18(15)22/h2-7,12H,8-11,25H2,1H3/t12-/m0/s1. The van der Waals surface area contributed by atoms with E-state index in [9.17, 15) is 13.6 Å². The highest BCUT2D eigenvalue weighted by Gasteiger charge is 2.36. The number of nitrogens with zero attached hydrogens (tertiary/aromatic N) is 1. The number of amides is 1. The molecule has 0 fully saturated rings. The third-order valence-electron chi connectivity index (χ3n) is 5.09. The lowest BCUT2D eigenvalue weighted by Crippen LogP contribution is -2.41. The topological polar surface area (TPSA) is 46.3 Å². The summed E-state index contributed by atoms with van der Waals surface area (Å²) < 4.78 is 28.4. The van der Waals surface area contributed by atoms with Crippen molar-refractivity contribution in [2.75, 3.05) is 13.1 Å². The first kappa shape index (κ1) is 20.1. The van der Waals surface area contributed by atoms with Gasteiger partial charge in [0.25, 0.3) is 5.92 Å². The molecule has 144 valence electrons. The minimum absolute atomic E-state index is 0.0457. The first-order valence-corrected chi connectivity index (χ1v) is 9.44. The number of fused-ring (bicyclic) bond motifs is 1. The molecule has 1 aliphatic rings. The molecule has 2 aromatic rings. The van der Waals surface area contributed by atoms with E-state index in [1.807, 2.05) is 6.92 Å². The van der Waals surface area contributed by atoms with E-state index >= 15 is 0 Å². The predicted molar refractivity (Wildman–Crippen MR) is 103 cm³/mol. The molecule has 27 heavy (non-hydrogen) atoms. The number of rotatable bonds is 4. The lowest BCUT2D eigenvalue weighted by atomic mass is 9.87. The molecule has 0 aromatic heterocycles. The minimum atomic E-state index is -3.08. The molecule has 0 saturated carbocycles. The number of alkyl halides is 2. The van der Waals surface area contributed by atoms with E-state index < -0.39 is 12.5 Å². The first-order chi connectivity index (χ1) is 12.8. The summed E-state index contributed by atoms with van der Waals surface area (Å²) in [5, 5.41) is 0.872. The largest absolute Gasteiger partial charge is 0.335 e. The van der Waals surface area contributed by atoms with Crippen LogP contribution in [-0.2, 0) is 23.6 Å². The van der Waals surface area contributed by atoms with Crippen LogP contribution in [0.1, 0.15) is 35.2 Å². The molecule has 1 atom stereocenters. The Kier molecular flexibility index (Phi) is 5.75. The van der Waals surface area contributed by atoms with E-state index in [4.69, 9.17) is 28.9 Å². The molecule has 3 rings (SSSR count). The Hall–Kier alpha value is -1.69. The quantitative estimate of drug-likeness (QED) is 0.788. The second kappa shape index (κ2) is 7.74. The summed E-state index contributed by atoms with van der Waals surface area (Å²) in [7, 11) is 0. The highest BCUT2D eigenvalue weighted by Crippen LogP contribution is 2.38. The maximum Gasteiger partial charge on any atom is 0.285 e. The van der Waals surface area contributed by atoms with Gasteiger partial charge < -0.3 is 10.6 Å². The van der Waals surface area contributed by atoms with Gasteiger partial charge in [0, 0.05) is 22.2 Å². The Balaban J connectivity index is 1.88. The van der Waals surface area contributed by atoms with Crippen molar-refractivity contribution in [1.29, 1.82) is 0 Å². The maximum absolute atomic E-state index is 14.2. The van der Waals surface area contributed by atoms with E-state index in [0.717, 1.165) is 5.56 Å². The molecule has 0 bridgehead atoms. The van der Waals surface area contributed by atoms with Crippen LogP contribution in [0.25, 0.3) is 0 Å². The zero-order valence-electron chi connectivity index (χ0n) is 14.8. The van der Waals surface area contributed by atoms with E-state index in [-0.39, 0.29) is 23.9 Å². The van der Waals surface area contributed by atoms with Gasteiger partial charge in [0.05, 0.1) is 19.0 Å². The van der Waals surface area contributed by atoms with Crippen molar-refractivity contribution in [1.82, 2.24) is 4.90 Å². The summed E-state index contributed by atoms with van der Waals surface area (Å²) in [4.78, 5) is 14.6. The van der Waals surface area contributed by atoms with Crippen molar-refractivity contribution < 1.29 is 13.6 Å². The van der Waals surface area contributed by atoms with Crippen LogP contribution in [-0.4, -0.2) is 23.9 Å². The number of benzene rings is 2. The summed E-state index contributed by atoms with van der Waals surface area (Å²) in [6.45, 7) is 1.45. The molecule has 0 radical (unpaired) electrons. The van der Waals surface area contributed by atoms with Gasteiger partial charge in [0.15, 0.2) is 0 Å². The summed E-state index contributed by atoms with van der Waals surface area (Å²) in [6.07, 6.45) is 0.421. The van der Waals surface area contributed by atoms with E-state index in [1.165, 1.54) is 6.07 Å². The fourth-order valence-corrected chi connectivity index (χ4v) is 4.15. The van der Waals surface area contributed by atoms with Crippen LogP contribution in [0.4, 0.5) is 8.78 Å². The Morgan fingerprint density at radius 2 is 1.85 bits per heavy atom. The van der Waals surface area contributed by atoms with E-state index in [0.29, 0.717) is 34.1 Å². The lowest BCUT2D eigenvalue weighted by molar-refractivity contribution is -0.133. The number of hydrogen-bond acceptors (Lipinski definition) is 2. The molecule has 0 unspecified atom stereocenters. The van der Waals surface area contributed by atoms with Crippen LogP contribution in [0.2, 0.25) is 10.0 Å². The fourth-order valence-electron chi connectivity index (χ4n) is 3.62. The molecule has 0 saturated heterocycles. The lowest BCUT2D eigenvalue weighted by Gasteiger charge is -2.37. The van der Waals surface area contributed by atoms with Crippen LogP contribution in [0.3, 0.4) is 0 Å². The summed E-state index contributed by atoms with van der Waals surface area (Å²) in [5.41, 5.74) is 7.10. The van der Waals surface area contributed by atoms with Crippen LogP contribution < -0.4 is 5.73 Å². The zero-order chi connectivity index (χ0) is 19.8. The molecule has 2 N–H and O–H groups in total. The average Bonchev–Trinajstić information content (AvgIpc) is 2.64. The molecule has 3 nitrogen and oxygen atoms in total. The van der Waals surface area contributed by atoms with Gasteiger partial charge in [-0.3, -0.25) is 4.79 Å². The smallest absolute Gasteiger partial charge is 0.285 e. The third-order valence-corrected chi connectivity index (χ3v) is 5.80. The van der Waals surface area contributed by atoms with Crippen molar-refractivity contribution in [3.8, 4) is 0 Å². The average molecular weight is 413 g/mol. The van der Waals surface area contributed by atoms with Crippen LogP contribution in [0, 0.1) is 0 Å². The van der Waals surface area contributed by atoms with Crippen LogP contribution >= 0.6 is 23.2 Å². The molecular weight excluding hydrogens is 393 g/mol. The van der Waals surface area contributed by atoms with Gasteiger partial charge in [-0.25, -0.2) is 0 Å². The Morgan fingerprint density at radius 1 is 1.22 bits per heavy atom. The third kappa shape index (κ3) is 3.82. The maximum atomic E-state index is 14.2. The Morgan fingerprint density at radius 3 is 2.48 bits per heavy atom. The molecule has 0 spiro atoms. The second-order valence-corrected chi connectivity index (χ2v) is 7.49. The van der Waals surface area contributed by atoms with Crippen molar-refractivity contribution in [3.05, 3.63) is 68.7 Å². The van der Waals surface area contributed by atoms with Gasteiger partial charge >= 0.3 is 0 Å². The van der Waals surface area contributed by atoms with E-state index in [1.54, 1.807) is 35.2 Å². The fraction of sp³-hybridized carbons (Fsp3) is 0.350.